The zero-order valence-corrected chi connectivity index (χ0v) is 13.6. The molecule has 0 spiro atoms. The van der Waals surface area contributed by atoms with Crippen molar-refractivity contribution in [1.82, 2.24) is 9.80 Å². The van der Waals surface area contributed by atoms with Crippen LogP contribution in [-0.4, -0.2) is 60.1 Å². The highest BCUT2D eigenvalue weighted by Gasteiger charge is 2.32. The van der Waals surface area contributed by atoms with Gasteiger partial charge in [0.2, 0.25) is 0 Å². The van der Waals surface area contributed by atoms with Gasteiger partial charge in [-0.1, -0.05) is 6.07 Å². The van der Waals surface area contributed by atoms with Crippen molar-refractivity contribution < 1.29 is 14.3 Å². The summed E-state index contributed by atoms with van der Waals surface area (Å²) in [4.78, 5) is 16.3. The zero-order valence-electron chi connectivity index (χ0n) is 13.6. The Balaban J connectivity index is 2.10. The molecule has 0 unspecified atom stereocenters. The number of amides is 1. The predicted molar refractivity (Wildman–Crippen MR) is 84.4 cm³/mol. The van der Waals surface area contributed by atoms with E-state index < -0.39 is 11.4 Å². The first-order chi connectivity index (χ1) is 10.3. The molecule has 4 nitrogen and oxygen atoms in total. The van der Waals surface area contributed by atoms with E-state index in [0.717, 1.165) is 12.0 Å². The highest BCUT2D eigenvalue weighted by atomic mass is 19.1. The van der Waals surface area contributed by atoms with E-state index in [-0.39, 0.29) is 5.91 Å². The molecule has 1 aliphatic rings. The van der Waals surface area contributed by atoms with Gasteiger partial charge in [-0.15, -0.1) is 0 Å². The Morgan fingerprint density at radius 1 is 1.36 bits per heavy atom. The van der Waals surface area contributed by atoms with Crippen molar-refractivity contribution in [3.8, 4) is 0 Å². The molecule has 1 fully saturated rings. The first-order valence-corrected chi connectivity index (χ1v) is 7.73. The number of benzene rings is 1. The molecule has 5 heteroatoms. The van der Waals surface area contributed by atoms with Crippen LogP contribution >= 0.6 is 0 Å². The van der Waals surface area contributed by atoms with Crippen molar-refractivity contribution in [2.45, 2.75) is 31.8 Å². The summed E-state index contributed by atoms with van der Waals surface area (Å²) in [7, 11) is 3.86. The van der Waals surface area contributed by atoms with Gasteiger partial charge in [0.25, 0.3) is 5.91 Å². The first-order valence-electron chi connectivity index (χ1n) is 7.73. The summed E-state index contributed by atoms with van der Waals surface area (Å²) in [6.45, 7) is 3.50. The van der Waals surface area contributed by atoms with E-state index in [1.165, 1.54) is 12.1 Å². The van der Waals surface area contributed by atoms with Gasteiger partial charge in [-0.3, -0.25) is 4.79 Å². The van der Waals surface area contributed by atoms with Gasteiger partial charge < -0.3 is 14.9 Å². The fourth-order valence-corrected chi connectivity index (χ4v) is 3.12. The molecular formula is C17H25FN2O2. The highest BCUT2D eigenvalue weighted by Crippen LogP contribution is 2.24. The van der Waals surface area contributed by atoms with Crippen LogP contribution < -0.4 is 0 Å². The van der Waals surface area contributed by atoms with E-state index in [9.17, 15) is 14.3 Å². The Hall–Kier alpha value is -1.46. The van der Waals surface area contributed by atoms with Crippen molar-refractivity contribution in [2.75, 3.05) is 33.7 Å². The lowest BCUT2D eigenvalue weighted by atomic mass is 9.94. The Morgan fingerprint density at radius 2 is 2.09 bits per heavy atom. The van der Waals surface area contributed by atoms with Crippen LogP contribution in [0.5, 0.6) is 0 Å². The number of rotatable bonds is 3. The van der Waals surface area contributed by atoms with Crippen LogP contribution in [0.15, 0.2) is 18.2 Å². The highest BCUT2D eigenvalue weighted by molar-refractivity contribution is 5.95. The molecule has 1 aromatic carbocycles. The Morgan fingerprint density at radius 3 is 2.77 bits per heavy atom. The van der Waals surface area contributed by atoms with E-state index in [4.69, 9.17) is 0 Å². The molecular weight excluding hydrogens is 283 g/mol. The molecule has 122 valence electrons. The summed E-state index contributed by atoms with van der Waals surface area (Å²) in [5.74, 6) is -0.543. The number of carbonyl (C=O) groups is 1. The predicted octanol–water partition coefficient (Wildman–Crippen LogP) is 2.05. The Kier molecular flexibility index (Phi) is 5.19. The van der Waals surface area contributed by atoms with Crippen molar-refractivity contribution in [1.29, 1.82) is 0 Å². The molecule has 1 amide bonds. The minimum absolute atomic E-state index is 0.147. The minimum atomic E-state index is -0.754. The molecule has 0 aromatic heterocycles. The Bertz CT molecular complexity index is 547. The normalized spacial score (nSPS) is 22.7. The van der Waals surface area contributed by atoms with E-state index in [2.05, 4.69) is 0 Å². The fraction of sp³-hybridized carbons (Fsp3) is 0.588. The number of aryl methyl sites for hydroxylation is 1. The van der Waals surface area contributed by atoms with Crippen LogP contribution in [0.2, 0.25) is 0 Å². The maximum absolute atomic E-state index is 13.4. The van der Waals surface area contributed by atoms with Gasteiger partial charge in [0.05, 0.1) is 5.60 Å². The molecule has 1 N–H and O–H groups in total. The molecule has 0 bridgehead atoms. The fourth-order valence-electron chi connectivity index (χ4n) is 3.12. The van der Waals surface area contributed by atoms with Crippen LogP contribution in [0.4, 0.5) is 4.39 Å². The summed E-state index contributed by atoms with van der Waals surface area (Å²) >= 11 is 0. The lowest BCUT2D eigenvalue weighted by molar-refractivity contribution is 0.00305. The molecule has 0 radical (unpaired) electrons. The summed E-state index contributed by atoms with van der Waals surface area (Å²) < 4.78 is 13.4. The number of hydrogen-bond donors (Lipinski definition) is 1. The Labute approximate surface area is 131 Å². The van der Waals surface area contributed by atoms with Crippen LogP contribution in [0.3, 0.4) is 0 Å². The number of likely N-dealkylation sites (tertiary alicyclic amines) is 1. The summed E-state index contributed by atoms with van der Waals surface area (Å²) in [6.07, 6.45) is 1.98. The topological polar surface area (TPSA) is 43.8 Å². The van der Waals surface area contributed by atoms with Crippen LogP contribution in [-0.2, 0) is 0 Å². The second-order valence-electron chi connectivity index (χ2n) is 6.57. The van der Waals surface area contributed by atoms with Crippen LogP contribution in [0.25, 0.3) is 0 Å². The maximum Gasteiger partial charge on any atom is 0.254 e. The number of nitrogens with zero attached hydrogens (tertiary/aromatic N) is 2. The molecule has 22 heavy (non-hydrogen) atoms. The van der Waals surface area contributed by atoms with Gasteiger partial charge in [0.1, 0.15) is 5.82 Å². The average molecular weight is 308 g/mol. The van der Waals surface area contributed by atoms with Gasteiger partial charge in [-0.25, -0.2) is 4.39 Å². The quantitative estimate of drug-likeness (QED) is 0.929. The molecule has 0 aliphatic carbocycles. The number of likely N-dealkylation sites (N-methyl/N-ethyl adjacent to an activating group) is 1. The van der Waals surface area contributed by atoms with Gasteiger partial charge >= 0.3 is 0 Å². The van der Waals surface area contributed by atoms with Crippen LogP contribution in [0, 0.1) is 12.7 Å². The summed E-state index contributed by atoms with van der Waals surface area (Å²) in [6, 6.07) is 4.29. The van der Waals surface area contributed by atoms with Gasteiger partial charge in [-0.05, 0) is 58.0 Å². The molecule has 1 aliphatic heterocycles. The lowest BCUT2D eigenvalue weighted by Gasteiger charge is -2.30. The summed E-state index contributed by atoms with van der Waals surface area (Å²) in [5.41, 5.74) is 0.437. The second kappa shape index (κ2) is 6.75. The smallest absolute Gasteiger partial charge is 0.254 e. The summed E-state index contributed by atoms with van der Waals surface area (Å²) in [5, 5.41) is 10.7. The van der Waals surface area contributed by atoms with Gasteiger partial charge in [0, 0.05) is 25.2 Å². The van der Waals surface area contributed by atoms with Crippen molar-refractivity contribution in [3.63, 3.8) is 0 Å². The third kappa shape index (κ3) is 4.05. The SMILES string of the molecule is Cc1ccc(F)cc1C(=O)N1CCC[C@@](O)(CN(C)C)CC1. The average Bonchev–Trinajstić information content (AvgIpc) is 2.62. The second-order valence-corrected chi connectivity index (χ2v) is 6.57. The number of carbonyl (C=O) groups excluding carboxylic acids is 1. The van der Waals surface area contributed by atoms with E-state index >= 15 is 0 Å². The molecule has 2 rings (SSSR count). The van der Waals surface area contributed by atoms with E-state index in [0.29, 0.717) is 38.0 Å². The largest absolute Gasteiger partial charge is 0.388 e. The molecule has 1 heterocycles. The monoisotopic (exact) mass is 308 g/mol. The zero-order chi connectivity index (χ0) is 16.3. The molecule has 0 saturated carbocycles. The lowest BCUT2D eigenvalue weighted by Crippen LogP contribution is -2.41. The van der Waals surface area contributed by atoms with Crippen LogP contribution in [0.1, 0.15) is 35.2 Å². The van der Waals surface area contributed by atoms with Crippen molar-refractivity contribution in [2.24, 2.45) is 0 Å². The molecule has 1 saturated heterocycles. The van der Waals surface area contributed by atoms with E-state index in [1.54, 1.807) is 11.0 Å². The van der Waals surface area contributed by atoms with E-state index in [1.807, 2.05) is 25.9 Å². The van der Waals surface area contributed by atoms with Crippen molar-refractivity contribution in [3.05, 3.63) is 35.1 Å². The van der Waals surface area contributed by atoms with Gasteiger partial charge in [0.15, 0.2) is 0 Å². The standard InChI is InChI=1S/C17H25FN2O2/c1-13-5-6-14(18)11-15(13)16(21)20-9-4-7-17(22,8-10-20)12-19(2)3/h5-6,11,22H,4,7-10,12H2,1-3H3/t17-/m0/s1. The number of halogens is 1. The number of hydrogen-bond acceptors (Lipinski definition) is 3. The maximum atomic E-state index is 13.4. The molecule has 1 aromatic rings. The molecule has 1 atom stereocenters. The third-order valence-electron chi connectivity index (χ3n) is 4.25. The third-order valence-corrected chi connectivity index (χ3v) is 4.25. The number of aliphatic hydroxyl groups is 1. The van der Waals surface area contributed by atoms with Crippen molar-refractivity contribution >= 4 is 5.91 Å². The first kappa shape index (κ1) is 16.9. The van der Waals surface area contributed by atoms with Gasteiger partial charge in [-0.2, -0.15) is 0 Å². The minimum Gasteiger partial charge on any atom is -0.388 e.